The third-order valence-corrected chi connectivity index (χ3v) is 3.44. The van der Waals surface area contributed by atoms with Crippen molar-refractivity contribution in [1.29, 1.82) is 0 Å². The van der Waals surface area contributed by atoms with Gasteiger partial charge in [0.2, 0.25) is 0 Å². The van der Waals surface area contributed by atoms with Gasteiger partial charge in [0.15, 0.2) is 0 Å². The second-order valence-corrected chi connectivity index (χ2v) is 4.90. The van der Waals surface area contributed by atoms with E-state index in [1.54, 1.807) is 6.07 Å². The van der Waals surface area contributed by atoms with Crippen molar-refractivity contribution in [3.8, 4) is 5.75 Å². The van der Waals surface area contributed by atoms with Gasteiger partial charge in [0.05, 0.1) is 6.04 Å². The summed E-state index contributed by atoms with van der Waals surface area (Å²) >= 11 is 0. The smallest absolute Gasteiger partial charge is 0.120 e. The maximum Gasteiger partial charge on any atom is 0.120 e. The molecule has 0 fully saturated rings. The zero-order valence-corrected chi connectivity index (χ0v) is 12.2. The van der Waals surface area contributed by atoms with E-state index in [0.29, 0.717) is 5.75 Å². The Hall–Kier alpha value is -2.32. The predicted molar refractivity (Wildman–Crippen MR) is 88.4 cm³/mol. The Morgan fingerprint density at radius 1 is 0.905 bits per heavy atom. The quantitative estimate of drug-likeness (QED) is 0.769. The third kappa shape index (κ3) is 3.61. The zero-order chi connectivity index (χ0) is 15.1. The van der Waals surface area contributed by atoms with E-state index in [1.807, 2.05) is 48.6 Å². The fourth-order valence-electron chi connectivity index (χ4n) is 2.56. The number of hydrogen-bond acceptors (Lipinski definition) is 2. The van der Waals surface area contributed by atoms with Crippen LogP contribution in [0.4, 0.5) is 0 Å². The van der Waals surface area contributed by atoms with E-state index in [-0.39, 0.29) is 6.04 Å². The van der Waals surface area contributed by atoms with Crippen molar-refractivity contribution in [1.82, 2.24) is 4.90 Å². The van der Waals surface area contributed by atoms with Crippen molar-refractivity contribution >= 4 is 0 Å². The van der Waals surface area contributed by atoms with Crippen molar-refractivity contribution in [2.75, 3.05) is 13.1 Å². The molecule has 2 aromatic rings. The first kappa shape index (κ1) is 15.1. The largest absolute Gasteiger partial charge is 0.508 e. The minimum absolute atomic E-state index is 0.0246. The zero-order valence-electron chi connectivity index (χ0n) is 12.2. The molecular weight excluding hydrogens is 258 g/mol. The Morgan fingerprint density at radius 2 is 1.48 bits per heavy atom. The van der Waals surface area contributed by atoms with Gasteiger partial charge >= 0.3 is 0 Å². The summed E-state index contributed by atoms with van der Waals surface area (Å²) in [4.78, 5) is 2.23. The molecule has 0 amide bonds. The van der Waals surface area contributed by atoms with E-state index in [9.17, 15) is 5.11 Å². The van der Waals surface area contributed by atoms with E-state index in [1.165, 1.54) is 0 Å². The van der Waals surface area contributed by atoms with Gasteiger partial charge in [0, 0.05) is 18.7 Å². The molecule has 2 rings (SSSR count). The summed E-state index contributed by atoms with van der Waals surface area (Å²) in [6, 6.07) is 17.6. The second kappa shape index (κ2) is 7.46. The molecule has 2 aromatic carbocycles. The van der Waals surface area contributed by atoms with Crippen LogP contribution in [0, 0.1) is 0 Å². The Kier molecular flexibility index (Phi) is 5.35. The Morgan fingerprint density at radius 3 is 2.05 bits per heavy atom. The fraction of sp³-hybridized carbons (Fsp3) is 0.158. The highest BCUT2D eigenvalue weighted by Gasteiger charge is 2.22. The summed E-state index contributed by atoms with van der Waals surface area (Å²) in [7, 11) is 0. The molecule has 0 heterocycles. The summed E-state index contributed by atoms with van der Waals surface area (Å²) in [5.74, 6) is 0.310. The van der Waals surface area contributed by atoms with Gasteiger partial charge in [-0.1, -0.05) is 60.7 Å². The highest BCUT2D eigenvalue weighted by molar-refractivity contribution is 5.41. The van der Waals surface area contributed by atoms with Crippen LogP contribution in [0.5, 0.6) is 5.75 Å². The van der Waals surface area contributed by atoms with E-state index in [2.05, 4.69) is 30.2 Å². The molecule has 0 saturated heterocycles. The molecule has 0 saturated carbocycles. The highest BCUT2D eigenvalue weighted by atomic mass is 16.3. The first-order valence-electron chi connectivity index (χ1n) is 7.06. The topological polar surface area (TPSA) is 23.5 Å². The Bertz CT molecular complexity index is 582. The van der Waals surface area contributed by atoms with Gasteiger partial charge in [-0.2, -0.15) is 0 Å². The van der Waals surface area contributed by atoms with Crippen LogP contribution in [0.15, 0.2) is 79.9 Å². The number of hydrogen-bond donors (Lipinski definition) is 1. The van der Waals surface area contributed by atoms with Crippen LogP contribution in [-0.2, 0) is 0 Å². The molecule has 1 N–H and O–H groups in total. The van der Waals surface area contributed by atoms with Crippen LogP contribution < -0.4 is 0 Å². The molecule has 0 aliphatic rings. The summed E-state index contributed by atoms with van der Waals surface area (Å²) in [6.45, 7) is 9.12. The van der Waals surface area contributed by atoms with Crippen LogP contribution >= 0.6 is 0 Å². The molecular formula is C19H21NO. The molecule has 0 bridgehead atoms. The molecule has 0 aliphatic heterocycles. The third-order valence-electron chi connectivity index (χ3n) is 3.44. The van der Waals surface area contributed by atoms with Crippen molar-refractivity contribution in [2.45, 2.75) is 6.04 Å². The van der Waals surface area contributed by atoms with Crippen LogP contribution in [0.2, 0.25) is 0 Å². The van der Waals surface area contributed by atoms with E-state index in [4.69, 9.17) is 0 Å². The number of aromatic hydroxyl groups is 1. The number of phenols is 1. The van der Waals surface area contributed by atoms with Crippen molar-refractivity contribution in [2.24, 2.45) is 0 Å². The lowest BCUT2D eigenvalue weighted by Gasteiger charge is -2.31. The average Bonchev–Trinajstić information content (AvgIpc) is 2.51. The SMILES string of the molecule is C=CCN(CC=C)C(c1ccccc1)c1ccccc1O. The molecule has 2 nitrogen and oxygen atoms in total. The molecule has 21 heavy (non-hydrogen) atoms. The fourth-order valence-corrected chi connectivity index (χ4v) is 2.56. The van der Waals surface area contributed by atoms with Gasteiger partial charge in [0.1, 0.15) is 5.75 Å². The second-order valence-electron chi connectivity index (χ2n) is 4.90. The molecule has 1 atom stereocenters. The number of phenolic OH excluding ortho intramolecular Hbond substituents is 1. The van der Waals surface area contributed by atoms with E-state index >= 15 is 0 Å². The van der Waals surface area contributed by atoms with Crippen LogP contribution in [0.25, 0.3) is 0 Å². The van der Waals surface area contributed by atoms with Gasteiger partial charge in [-0.05, 0) is 11.6 Å². The monoisotopic (exact) mass is 279 g/mol. The molecule has 0 spiro atoms. The summed E-state index contributed by atoms with van der Waals surface area (Å²) in [6.07, 6.45) is 3.75. The molecule has 1 unspecified atom stereocenters. The van der Waals surface area contributed by atoms with Crippen LogP contribution in [-0.4, -0.2) is 23.1 Å². The van der Waals surface area contributed by atoms with Crippen LogP contribution in [0.1, 0.15) is 17.2 Å². The summed E-state index contributed by atoms with van der Waals surface area (Å²) in [5, 5.41) is 10.2. The minimum Gasteiger partial charge on any atom is -0.508 e. The highest BCUT2D eigenvalue weighted by Crippen LogP contribution is 2.33. The number of nitrogens with zero attached hydrogens (tertiary/aromatic N) is 1. The maximum atomic E-state index is 10.2. The average molecular weight is 279 g/mol. The van der Waals surface area contributed by atoms with Gasteiger partial charge < -0.3 is 5.11 Å². The Balaban J connectivity index is 2.50. The first-order chi connectivity index (χ1) is 10.3. The molecule has 0 aromatic heterocycles. The van der Waals surface area contributed by atoms with Crippen molar-refractivity contribution in [3.05, 3.63) is 91.0 Å². The maximum absolute atomic E-state index is 10.2. The lowest BCUT2D eigenvalue weighted by Crippen LogP contribution is -2.30. The van der Waals surface area contributed by atoms with E-state index < -0.39 is 0 Å². The minimum atomic E-state index is -0.0246. The van der Waals surface area contributed by atoms with Crippen molar-refractivity contribution < 1.29 is 5.11 Å². The predicted octanol–water partition coefficient (Wildman–Crippen LogP) is 4.16. The Labute approximate surface area is 126 Å². The normalized spacial score (nSPS) is 12.0. The lowest BCUT2D eigenvalue weighted by atomic mass is 9.96. The van der Waals surface area contributed by atoms with Gasteiger partial charge in [0.25, 0.3) is 0 Å². The number of para-hydroxylation sites is 1. The molecule has 0 aliphatic carbocycles. The summed E-state index contributed by atoms with van der Waals surface area (Å²) in [5.41, 5.74) is 2.04. The van der Waals surface area contributed by atoms with E-state index in [0.717, 1.165) is 24.2 Å². The summed E-state index contributed by atoms with van der Waals surface area (Å²) < 4.78 is 0. The lowest BCUT2D eigenvalue weighted by molar-refractivity contribution is 0.272. The van der Waals surface area contributed by atoms with Gasteiger partial charge in [-0.3, -0.25) is 4.90 Å². The van der Waals surface area contributed by atoms with Crippen LogP contribution in [0.3, 0.4) is 0 Å². The van der Waals surface area contributed by atoms with Gasteiger partial charge in [-0.25, -0.2) is 0 Å². The molecule has 2 heteroatoms. The first-order valence-corrected chi connectivity index (χ1v) is 7.06. The van der Waals surface area contributed by atoms with Crippen molar-refractivity contribution in [3.63, 3.8) is 0 Å². The molecule has 108 valence electrons. The van der Waals surface area contributed by atoms with Gasteiger partial charge in [-0.15, -0.1) is 13.2 Å². The standard InChI is InChI=1S/C19H21NO/c1-3-14-20(15-4-2)19(16-10-6-5-7-11-16)17-12-8-9-13-18(17)21/h3-13,19,21H,1-2,14-15H2. The number of benzene rings is 2. The molecule has 0 radical (unpaired) electrons. The number of rotatable bonds is 7.